The monoisotopic (exact) mass is 457 g/mol. The summed E-state index contributed by atoms with van der Waals surface area (Å²) in [6.07, 6.45) is 0.000312. The Hall–Kier alpha value is -4.13. The maximum absolute atomic E-state index is 13.3. The molecule has 1 aliphatic heterocycles. The molecule has 0 aromatic heterocycles. The quantitative estimate of drug-likeness (QED) is 0.570. The lowest BCUT2D eigenvalue weighted by atomic mass is 9.93. The van der Waals surface area contributed by atoms with Crippen molar-refractivity contribution in [3.8, 4) is 0 Å². The van der Waals surface area contributed by atoms with E-state index in [9.17, 15) is 14.4 Å². The van der Waals surface area contributed by atoms with E-state index in [1.165, 1.54) is 4.90 Å². The molecule has 2 atom stereocenters. The molecule has 1 aliphatic rings. The van der Waals surface area contributed by atoms with Crippen molar-refractivity contribution < 1.29 is 19.1 Å². The van der Waals surface area contributed by atoms with Gasteiger partial charge in [0.1, 0.15) is 18.7 Å². The number of benzene rings is 3. The van der Waals surface area contributed by atoms with Gasteiger partial charge in [-0.15, -0.1) is 0 Å². The van der Waals surface area contributed by atoms with Gasteiger partial charge in [0.05, 0.1) is 6.54 Å². The average Bonchev–Trinajstić information content (AvgIpc) is 2.87. The Morgan fingerprint density at radius 3 is 2.12 bits per heavy atom. The maximum Gasteiger partial charge on any atom is 0.411 e. The number of carbonyl (C=O) groups is 3. The number of rotatable bonds is 7. The molecule has 0 aliphatic carbocycles. The van der Waals surface area contributed by atoms with E-state index < -0.39 is 30.0 Å². The first-order valence-electron chi connectivity index (χ1n) is 11.2. The third-order valence-electron chi connectivity index (χ3n) is 5.93. The van der Waals surface area contributed by atoms with Gasteiger partial charge >= 0.3 is 6.09 Å². The van der Waals surface area contributed by atoms with Gasteiger partial charge in [-0.3, -0.25) is 14.5 Å². The lowest BCUT2D eigenvalue weighted by Crippen LogP contribution is -2.56. The van der Waals surface area contributed by atoms with Crippen LogP contribution in [0.5, 0.6) is 0 Å². The molecule has 7 nitrogen and oxygen atoms in total. The molecule has 34 heavy (non-hydrogen) atoms. The van der Waals surface area contributed by atoms with Crippen LogP contribution in [0.15, 0.2) is 84.9 Å². The molecule has 0 unspecified atom stereocenters. The summed E-state index contributed by atoms with van der Waals surface area (Å²) in [4.78, 5) is 39.9. The summed E-state index contributed by atoms with van der Waals surface area (Å²) in [5, 5.41) is 2.76. The van der Waals surface area contributed by atoms with Gasteiger partial charge in [-0.25, -0.2) is 4.79 Å². The minimum atomic E-state index is -0.894. The summed E-state index contributed by atoms with van der Waals surface area (Å²) >= 11 is 0. The zero-order valence-electron chi connectivity index (χ0n) is 18.7. The summed E-state index contributed by atoms with van der Waals surface area (Å²) < 4.78 is 5.53. The number of amides is 3. The number of hydrogen-bond acceptors (Lipinski definition) is 4. The van der Waals surface area contributed by atoms with Crippen LogP contribution in [0, 0.1) is 0 Å². The molecule has 3 aromatic rings. The minimum Gasteiger partial charge on any atom is -0.445 e. The highest BCUT2D eigenvalue weighted by Crippen LogP contribution is 2.25. The number of hydrogen-bond donors (Lipinski definition) is 2. The normalized spacial score (nSPS) is 15.6. The van der Waals surface area contributed by atoms with E-state index in [1.807, 2.05) is 84.9 Å². The zero-order chi connectivity index (χ0) is 23.9. The molecule has 3 N–H and O–H groups in total. The third kappa shape index (κ3) is 5.61. The average molecular weight is 458 g/mol. The van der Waals surface area contributed by atoms with Crippen molar-refractivity contribution in [1.29, 1.82) is 0 Å². The smallest absolute Gasteiger partial charge is 0.411 e. The maximum atomic E-state index is 13.3. The lowest BCUT2D eigenvalue weighted by Gasteiger charge is -2.35. The Balaban J connectivity index is 1.51. The molecule has 3 amide bonds. The van der Waals surface area contributed by atoms with Gasteiger partial charge in [0.25, 0.3) is 0 Å². The highest BCUT2D eigenvalue weighted by atomic mass is 16.6. The van der Waals surface area contributed by atoms with E-state index in [1.54, 1.807) is 0 Å². The van der Waals surface area contributed by atoms with Crippen molar-refractivity contribution in [3.63, 3.8) is 0 Å². The van der Waals surface area contributed by atoms with Crippen molar-refractivity contribution in [1.82, 2.24) is 10.2 Å². The summed E-state index contributed by atoms with van der Waals surface area (Å²) in [6.45, 7) is 0.339. The van der Waals surface area contributed by atoms with Crippen LogP contribution in [0.4, 0.5) is 4.79 Å². The van der Waals surface area contributed by atoms with Crippen molar-refractivity contribution >= 4 is 17.9 Å². The lowest BCUT2D eigenvalue weighted by molar-refractivity contribution is -0.131. The van der Waals surface area contributed by atoms with Crippen LogP contribution >= 0.6 is 0 Å². The summed E-state index contributed by atoms with van der Waals surface area (Å²) in [5.74, 6) is -1.07. The second kappa shape index (κ2) is 10.7. The van der Waals surface area contributed by atoms with Crippen LogP contribution in [0.1, 0.15) is 22.3 Å². The van der Waals surface area contributed by atoms with E-state index in [-0.39, 0.29) is 19.6 Å². The summed E-state index contributed by atoms with van der Waals surface area (Å²) in [6, 6.07) is 24.6. The number of nitrogens with zero attached hydrogens (tertiary/aromatic N) is 1. The minimum absolute atomic E-state index is 0.101. The number of ether oxygens (including phenoxy) is 1. The van der Waals surface area contributed by atoms with Gasteiger partial charge in [0.2, 0.25) is 11.8 Å². The number of nitrogens with two attached hydrogens (primary N) is 1. The van der Waals surface area contributed by atoms with Gasteiger partial charge in [0, 0.05) is 12.8 Å². The Kier molecular flexibility index (Phi) is 7.22. The van der Waals surface area contributed by atoms with Gasteiger partial charge in [-0.1, -0.05) is 84.9 Å². The second-order valence-electron chi connectivity index (χ2n) is 8.31. The molecular formula is C27H27N3O4. The third-order valence-corrected chi connectivity index (χ3v) is 5.93. The topological polar surface area (TPSA) is 102 Å². The van der Waals surface area contributed by atoms with E-state index >= 15 is 0 Å². The molecule has 0 saturated carbocycles. The Morgan fingerprint density at radius 2 is 1.47 bits per heavy atom. The zero-order valence-corrected chi connectivity index (χ0v) is 18.7. The van der Waals surface area contributed by atoms with Crippen LogP contribution in [0.3, 0.4) is 0 Å². The Morgan fingerprint density at radius 1 is 0.882 bits per heavy atom. The van der Waals surface area contributed by atoms with Gasteiger partial charge < -0.3 is 15.8 Å². The first-order valence-corrected chi connectivity index (χ1v) is 11.2. The standard InChI is InChI=1S/C27H27N3O4/c28-25(31)23(15-19-9-3-1-4-10-19)29-26(32)24-16-21-13-7-8-14-22(21)17-30(24)27(33)34-18-20-11-5-2-6-12-20/h1-14,23-24H,15-18H2,(H2,28,31)(H,29,32)/t23-,24-/m0/s1. The summed E-state index contributed by atoms with van der Waals surface area (Å²) in [5.41, 5.74) is 9.25. The predicted octanol–water partition coefficient (Wildman–Crippen LogP) is 2.96. The molecule has 174 valence electrons. The number of nitrogens with one attached hydrogen (secondary N) is 1. The highest BCUT2D eigenvalue weighted by Gasteiger charge is 2.37. The van der Waals surface area contributed by atoms with Crippen molar-refractivity contribution in [3.05, 3.63) is 107 Å². The van der Waals surface area contributed by atoms with Gasteiger partial charge in [0.15, 0.2) is 0 Å². The van der Waals surface area contributed by atoms with Gasteiger partial charge in [-0.05, 0) is 22.3 Å². The summed E-state index contributed by atoms with van der Waals surface area (Å²) in [7, 11) is 0. The van der Waals surface area contributed by atoms with E-state index in [0.29, 0.717) is 6.42 Å². The van der Waals surface area contributed by atoms with Crippen LogP contribution < -0.4 is 11.1 Å². The first kappa shape index (κ1) is 23.0. The molecule has 0 bridgehead atoms. The van der Waals surface area contributed by atoms with Gasteiger partial charge in [-0.2, -0.15) is 0 Å². The van der Waals surface area contributed by atoms with Crippen molar-refractivity contribution in [2.45, 2.75) is 38.1 Å². The Bertz CT molecular complexity index is 1150. The fourth-order valence-electron chi connectivity index (χ4n) is 4.09. The van der Waals surface area contributed by atoms with E-state index in [4.69, 9.17) is 10.5 Å². The molecule has 4 rings (SSSR count). The van der Waals surface area contributed by atoms with Crippen molar-refractivity contribution in [2.24, 2.45) is 5.73 Å². The SMILES string of the molecule is NC(=O)[C@H](Cc1ccccc1)NC(=O)[C@@H]1Cc2ccccc2CN1C(=O)OCc1ccccc1. The number of fused-ring (bicyclic) bond motifs is 1. The largest absolute Gasteiger partial charge is 0.445 e. The highest BCUT2D eigenvalue weighted by molar-refractivity contribution is 5.91. The molecule has 3 aromatic carbocycles. The molecule has 0 radical (unpaired) electrons. The number of carbonyl (C=O) groups excluding carboxylic acids is 3. The predicted molar refractivity (Wildman–Crippen MR) is 127 cm³/mol. The second-order valence-corrected chi connectivity index (χ2v) is 8.31. The van der Waals surface area contributed by atoms with Crippen LogP contribution in [-0.4, -0.2) is 34.9 Å². The molecule has 0 saturated heterocycles. The molecule has 7 heteroatoms. The van der Waals surface area contributed by atoms with Crippen LogP contribution in [0.25, 0.3) is 0 Å². The molecule has 0 spiro atoms. The molecule has 0 fully saturated rings. The van der Waals surface area contributed by atoms with Crippen LogP contribution in [-0.2, 0) is 40.3 Å². The van der Waals surface area contributed by atoms with E-state index in [2.05, 4.69) is 5.32 Å². The van der Waals surface area contributed by atoms with Crippen LogP contribution in [0.2, 0.25) is 0 Å². The number of primary amides is 1. The fraction of sp³-hybridized carbons (Fsp3) is 0.222. The Labute approximate surface area is 198 Å². The van der Waals surface area contributed by atoms with E-state index in [0.717, 1.165) is 22.3 Å². The molecule has 1 heterocycles. The first-order chi connectivity index (χ1) is 16.5. The molecular weight excluding hydrogens is 430 g/mol. The van der Waals surface area contributed by atoms with Crippen molar-refractivity contribution in [2.75, 3.05) is 0 Å². The fourth-order valence-corrected chi connectivity index (χ4v) is 4.09.